The van der Waals surface area contributed by atoms with E-state index in [2.05, 4.69) is 13.8 Å². The fraction of sp³-hybridized carbons (Fsp3) is 1.00. The van der Waals surface area contributed by atoms with Crippen molar-refractivity contribution in [2.45, 2.75) is 76.0 Å². The highest BCUT2D eigenvalue weighted by Gasteiger charge is 2.47. The fourth-order valence-electron chi connectivity index (χ4n) is 3.87. The summed E-state index contributed by atoms with van der Waals surface area (Å²) in [6, 6.07) is 0.138. The molecule has 1 heterocycles. The molecule has 2 atom stereocenters. The average molecular weight is 255 g/mol. The minimum absolute atomic E-state index is 0.138. The van der Waals surface area contributed by atoms with Gasteiger partial charge in [0.25, 0.3) is 0 Å². The van der Waals surface area contributed by atoms with Crippen LogP contribution in [-0.4, -0.2) is 31.0 Å². The highest BCUT2D eigenvalue weighted by Crippen LogP contribution is 2.46. The third kappa shape index (κ3) is 2.33. The molecule has 2 aliphatic rings. The first kappa shape index (κ1) is 14.3. The van der Waals surface area contributed by atoms with E-state index in [-0.39, 0.29) is 17.2 Å². The molecule has 1 saturated carbocycles. The molecule has 3 nitrogen and oxygen atoms in total. The van der Waals surface area contributed by atoms with Gasteiger partial charge in [0.05, 0.1) is 11.2 Å². The van der Waals surface area contributed by atoms with Gasteiger partial charge in [-0.05, 0) is 50.9 Å². The van der Waals surface area contributed by atoms with Gasteiger partial charge in [-0.25, -0.2) is 0 Å². The van der Waals surface area contributed by atoms with E-state index in [4.69, 9.17) is 15.2 Å². The highest BCUT2D eigenvalue weighted by atomic mass is 16.5. The Morgan fingerprint density at radius 3 is 2.50 bits per heavy atom. The van der Waals surface area contributed by atoms with Crippen LogP contribution in [0, 0.1) is 5.92 Å². The first-order valence-electron chi connectivity index (χ1n) is 7.56. The van der Waals surface area contributed by atoms with E-state index < -0.39 is 0 Å². The summed E-state index contributed by atoms with van der Waals surface area (Å²) in [5.41, 5.74) is 6.61. The Bertz CT molecular complexity index is 263. The third-order valence-electron chi connectivity index (χ3n) is 5.51. The minimum atomic E-state index is -0.146. The SMILES string of the molecule is CCC(CC)(OC)C(N)C1CCOC2(CCC2)C1. The maximum Gasteiger partial charge on any atom is 0.0826 e. The van der Waals surface area contributed by atoms with E-state index in [1.54, 1.807) is 0 Å². The Morgan fingerprint density at radius 2 is 2.06 bits per heavy atom. The standard InChI is InChI=1S/C15H29NO2/c1-4-15(5-2,17-3)13(16)12-7-10-18-14(11-12)8-6-9-14/h12-13H,4-11,16H2,1-3H3. The normalized spacial score (nSPS) is 29.0. The third-order valence-corrected chi connectivity index (χ3v) is 5.51. The Hall–Kier alpha value is -0.120. The molecule has 106 valence electrons. The second kappa shape index (κ2) is 5.48. The lowest BCUT2D eigenvalue weighted by Gasteiger charge is -2.51. The van der Waals surface area contributed by atoms with Gasteiger partial charge in [-0.3, -0.25) is 0 Å². The van der Waals surface area contributed by atoms with Crippen LogP contribution in [-0.2, 0) is 9.47 Å². The summed E-state index contributed by atoms with van der Waals surface area (Å²) in [7, 11) is 1.81. The van der Waals surface area contributed by atoms with Crippen LogP contribution < -0.4 is 5.73 Å². The van der Waals surface area contributed by atoms with Crippen molar-refractivity contribution in [3.8, 4) is 0 Å². The zero-order valence-electron chi connectivity index (χ0n) is 12.2. The molecule has 0 bridgehead atoms. The van der Waals surface area contributed by atoms with Crippen LogP contribution in [0.1, 0.15) is 58.8 Å². The van der Waals surface area contributed by atoms with Gasteiger partial charge in [-0.15, -0.1) is 0 Å². The smallest absolute Gasteiger partial charge is 0.0826 e. The Morgan fingerprint density at radius 1 is 1.39 bits per heavy atom. The molecular formula is C15H29NO2. The van der Waals surface area contributed by atoms with Crippen LogP contribution in [0.15, 0.2) is 0 Å². The topological polar surface area (TPSA) is 44.5 Å². The molecule has 1 saturated heterocycles. The summed E-state index contributed by atoms with van der Waals surface area (Å²) in [4.78, 5) is 0. The van der Waals surface area contributed by atoms with Crippen molar-refractivity contribution < 1.29 is 9.47 Å². The van der Waals surface area contributed by atoms with Crippen LogP contribution in [0.5, 0.6) is 0 Å². The number of nitrogens with two attached hydrogens (primary N) is 1. The lowest BCUT2D eigenvalue weighted by Crippen LogP contribution is -2.57. The van der Waals surface area contributed by atoms with Crippen LogP contribution in [0.2, 0.25) is 0 Å². The molecule has 2 rings (SSSR count). The molecule has 1 aliphatic carbocycles. The molecular weight excluding hydrogens is 226 g/mol. The molecule has 18 heavy (non-hydrogen) atoms. The molecule has 3 heteroatoms. The van der Waals surface area contributed by atoms with Gasteiger partial charge in [0.2, 0.25) is 0 Å². The molecule has 1 aliphatic heterocycles. The fourth-order valence-corrected chi connectivity index (χ4v) is 3.87. The summed E-state index contributed by atoms with van der Waals surface area (Å²) in [5, 5.41) is 0. The van der Waals surface area contributed by atoms with Crippen molar-refractivity contribution in [3.63, 3.8) is 0 Å². The first-order valence-corrected chi connectivity index (χ1v) is 7.56. The number of rotatable bonds is 5. The quantitative estimate of drug-likeness (QED) is 0.821. The maximum atomic E-state index is 6.58. The minimum Gasteiger partial charge on any atom is -0.377 e. The van der Waals surface area contributed by atoms with Crippen LogP contribution in [0.3, 0.4) is 0 Å². The summed E-state index contributed by atoms with van der Waals surface area (Å²) in [6.07, 6.45) is 7.99. The van der Waals surface area contributed by atoms with Crippen LogP contribution in [0.25, 0.3) is 0 Å². The van der Waals surface area contributed by atoms with Crippen molar-refractivity contribution in [1.82, 2.24) is 0 Å². The lowest BCUT2D eigenvalue weighted by atomic mass is 9.67. The molecule has 2 unspecified atom stereocenters. The molecule has 0 aromatic heterocycles. The molecule has 0 amide bonds. The summed E-state index contributed by atoms with van der Waals surface area (Å²) in [5.74, 6) is 0.555. The van der Waals surface area contributed by atoms with Crippen LogP contribution >= 0.6 is 0 Å². The summed E-state index contributed by atoms with van der Waals surface area (Å²) >= 11 is 0. The maximum absolute atomic E-state index is 6.58. The van der Waals surface area contributed by atoms with Crippen LogP contribution in [0.4, 0.5) is 0 Å². The van der Waals surface area contributed by atoms with Crippen molar-refractivity contribution in [2.24, 2.45) is 11.7 Å². The van der Waals surface area contributed by atoms with E-state index in [0.29, 0.717) is 5.92 Å². The van der Waals surface area contributed by atoms with E-state index >= 15 is 0 Å². The molecule has 1 spiro atoms. The summed E-state index contributed by atoms with van der Waals surface area (Å²) < 4.78 is 11.8. The second-order valence-corrected chi connectivity index (χ2v) is 6.14. The Kier molecular flexibility index (Phi) is 4.35. The zero-order chi connectivity index (χ0) is 13.2. The van der Waals surface area contributed by atoms with Crippen molar-refractivity contribution in [3.05, 3.63) is 0 Å². The second-order valence-electron chi connectivity index (χ2n) is 6.14. The molecule has 0 aromatic carbocycles. The zero-order valence-corrected chi connectivity index (χ0v) is 12.2. The largest absolute Gasteiger partial charge is 0.377 e. The predicted molar refractivity (Wildman–Crippen MR) is 73.6 cm³/mol. The predicted octanol–water partition coefficient (Wildman–Crippen LogP) is 2.87. The number of hydrogen-bond acceptors (Lipinski definition) is 3. The molecule has 2 N–H and O–H groups in total. The van der Waals surface area contributed by atoms with Gasteiger partial charge >= 0.3 is 0 Å². The van der Waals surface area contributed by atoms with E-state index in [9.17, 15) is 0 Å². The monoisotopic (exact) mass is 255 g/mol. The number of methoxy groups -OCH3 is 1. The van der Waals surface area contributed by atoms with Crippen molar-refractivity contribution in [2.75, 3.05) is 13.7 Å². The van der Waals surface area contributed by atoms with E-state index in [1.165, 1.54) is 19.3 Å². The molecule has 0 radical (unpaired) electrons. The summed E-state index contributed by atoms with van der Waals surface area (Å²) in [6.45, 7) is 5.25. The van der Waals surface area contributed by atoms with Crippen molar-refractivity contribution in [1.29, 1.82) is 0 Å². The van der Waals surface area contributed by atoms with Gasteiger partial charge in [0, 0.05) is 19.8 Å². The van der Waals surface area contributed by atoms with E-state index in [1.807, 2.05) is 7.11 Å². The first-order chi connectivity index (χ1) is 8.61. The van der Waals surface area contributed by atoms with E-state index in [0.717, 1.165) is 32.3 Å². The van der Waals surface area contributed by atoms with Crippen molar-refractivity contribution >= 4 is 0 Å². The van der Waals surface area contributed by atoms with Gasteiger partial charge in [0.1, 0.15) is 0 Å². The van der Waals surface area contributed by atoms with Gasteiger partial charge < -0.3 is 15.2 Å². The average Bonchev–Trinajstić information content (AvgIpc) is 2.39. The number of ether oxygens (including phenoxy) is 2. The Balaban J connectivity index is 2.05. The van der Waals surface area contributed by atoms with Gasteiger partial charge in [-0.2, -0.15) is 0 Å². The van der Waals surface area contributed by atoms with Gasteiger partial charge in [-0.1, -0.05) is 13.8 Å². The van der Waals surface area contributed by atoms with Gasteiger partial charge in [0.15, 0.2) is 0 Å². The lowest BCUT2D eigenvalue weighted by molar-refractivity contribution is -0.158. The molecule has 2 fully saturated rings. The Labute approximate surface area is 111 Å². The number of hydrogen-bond donors (Lipinski definition) is 1. The highest BCUT2D eigenvalue weighted by molar-refractivity contribution is 5.01. The molecule has 0 aromatic rings.